The molecule has 0 spiro atoms. The highest BCUT2D eigenvalue weighted by molar-refractivity contribution is 5.94. The Morgan fingerprint density at radius 1 is 1.07 bits per heavy atom. The number of oxazole rings is 1. The van der Waals surface area contributed by atoms with Gasteiger partial charge in [-0.2, -0.15) is 5.10 Å². The fraction of sp³-hybridized carbons (Fsp3) is 0.261. The molecule has 0 aliphatic carbocycles. The van der Waals surface area contributed by atoms with Gasteiger partial charge in [0.25, 0.3) is 5.91 Å². The Hall–Kier alpha value is -3.41. The number of hydrogen-bond acceptors (Lipinski definition) is 4. The van der Waals surface area contributed by atoms with E-state index >= 15 is 0 Å². The van der Waals surface area contributed by atoms with E-state index in [0.717, 1.165) is 41.1 Å². The van der Waals surface area contributed by atoms with E-state index in [0.29, 0.717) is 18.7 Å². The molecule has 0 N–H and O–H groups in total. The van der Waals surface area contributed by atoms with Crippen molar-refractivity contribution in [2.24, 2.45) is 0 Å². The van der Waals surface area contributed by atoms with Gasteiger partial charge >= 0.3 is 0 Å². The largest absolute Gasteiger partial charge is 0.440 e. The number of aromatic nitrogens is 3. The van der Waals surface area contributed by atoms with Gasteiger partial charge in [-0.15, -0.1) is 0 Å². The average Bonchev–Trinajstić information content (AvgIpc) is 3.40. The number of amides is 1. The van der Waals surface area contributed by atoms with Crippen LogP contribution in [0, 0.1) is 6.92 Å². The smallest absolute Gasteiger partial charge is 0.253 e. The third-order valence-corrected chi connectivity index (χ3v) is 5.53. The number of fused-ring (bicyclic) bond motifs is 1. The lowest BCUT2D eigenvalue weighted by atomic mass is 9.96. The molecule has 0 bridgehead atoms. The molecule has 29 heavy (non-hydrogen) atoms. The quantitative estimate of drug-likeness (QED) is 0.525. The van der Waals surface area contributed by atoms with Crippen molar-refractivity contribution in [2.45, 2.75) is 25.7 Å². The molecule has 0 atom stereocenters. The lowest BCUT2D eigenvalue weighted by molar-refractivity contribution is 0.0706. The van der Waals surface area contributed by atoms with Crippen molar-refractivity contribution >= 4 is 17.0 Å². The maximum absolute atomic E-state index is 12.9. The van der Waals surface area contributed by atoms with E-state index in [1.165, 1.54) is 0 Å². The number of carbonyl (C=O) groups excluding carboxylic acids is 1. The fourth-order valence-electron chi connectivity index (χ4n) is 3.89. The third-order valence-electron chi connectivity index (χ3n) is 5.53. The predicted octanol–water partition coefficient (Wildman–Crippen LogP) is 4.34. The third kappa shape index (κ3) is 3.42. The molecule has 1 saturated heterocycles. The molecule has 2 aromatic heterocycles. The van der Waals surface area contributed by atoms with Gasteiger partial charge in [0, 0.05) is 30.8 Å². The van der Waals surface area contributed by atoms with Crippen LogP contribution in [-0.2, 0) is 0 Å². The number of aryl methyl sites for hydroxylation is 1. The summed E-state index contributed by atoms with van der Waals surface area (Å²) in [6.07, 6.45) is 5.51. The van der Waals surface area contributed by atoms with Crippen LogP contribution in [0.4, 0.5) is 0 Å². The van der Waals surface area contributed by atoms with Crippen LogP contribution >= 0.6 is 0 Å². The van der Waals surface area contributed by atoms with Crippen LogP contribution in [0.25, 0.3) is 16.8 Å². The number of nitrogens with zero attached hydrogens (tertiary/aromatic N) is 4. The molecule has 6 heteroatoms. The summed E-state index contributed by atoms with van der Waals surface area (Å²) in [6.45, 7) is 3.43. The summed E-state index contributed by atoms with van der Waals surface area (Å²) < 4.78 is 7.74. The summed E-state index contributed by atoms with van der Waals surface area (Å²) in [5, 5.41) is 4.31. The highest BCUT2D eigenvalue weighted by Crippen LogP contribution is 2.30. The Morgan fingerprint density at radius 2 is 1.83 bits per heavy atom. The first kappa shape index (κ1) is 17.7. The second-order valence-electron chi connectivity index (χ2n) is 7.60. The molecule has 4 aromatic rings. The molecule has 6 nitrogen and oxygen atoms in total. The van der Waals surface area contributed by atoms with E-state index in [4.69, 9.17) is 4.42 Å². The zero-order chi connectivity index (χ0) is 19.8. The summed E-state index contributed by atoms with van der Waals surface area (Å²) in [6, 6.07) is 15.5. The van der Waals surface area contributed by atoms with Gasteiger partial charge in [0.1, 0.15) is 5.52 Å². The van der Waals surface area contributed by atoms with Crippen LogP contribution in [-0.4, -0.2) is 38.7 Å². The maximum Gasteiger partial charge on any atom is 0.253 e. The molecule has 146 valence electrons. The Labute approximate surface area is 168 Å². The standard InChI is InChI=1S/C23H22N4O2/c1-16-14-24-27(15-16)19-8-6-18(7-9-19)23(28)26-12-10-17(11-13-26)22-25-20-4-2-3-5-21(20)29-22/h2-9,14-15,17H,10-13H2,1H3. The molecule has 3 heterocycles. The highest BCUT2D eigenvalue weighted by atomic mass is 16.3. The summed E-state index contributed by atoms with van der Waals surface area (Å²) in [7, 11) is 0. The number of hydrogen-bond donors (Lipinski definition) is 0. The van der Waals surface area contributed by atoms with E-state index in [9.17, 15) is 4.79 Å². The lowest BCUT2D eigenvalue weighted by Gasteiger charge is -2.30. The van der Waals surface area contributed by atoms with Crippen molar-refractivity contribution < 1.29 is 9.21 Å². The first-order valence-corrected chi connectivity index (χ1v) is 9.94. The number of para-hydroxylation sites is 2. The first-order chi connectivity index (χ1) is 14.2. The van der Waals surface area contributed by atoms with E-state index in [1.807, 2.05) is 77.4 Å². The summed E-state index contributed by atoms with van der Waals surface area (Å²) in [5.41, 5.74) is 4.48. The minimum Gasteiger partial charge on any atom is -0.440 e. The monoisotopic (exact) mass is 386 g/mol. The van der Waals surface area contributed by atoms with Gasteiger partial charge in [-0.05, 0) is 61.7 Å². The number of rotatable bonds is 3. The van der Waals surface area contributed by atoms with E-state index < -0.39 is 0 Å². The van der Waals surface area contributed by atoms with Crippen molar-refractivity contribution in [3.8, 4) is 5.69 Å². The molecule has 1 amide bonds. The predicted molar refractivity (Wildman–Crippen MR) is 110 cm³/mol. The molecule has 0 unspecified atom stereocenters. The Kier molecular flexibility index (Phi) is 4.39. The van der Waals surface area contributed by atoms with Gasteiger partial charge in [0.15, 0.2) is 11.5 Å². The zero-order valence-electron chi connectivity index (χ0n) is 16.3. The number of piperidine rings is 1. The van der Waals surface area contributed by atoms with Crippen molar-refractivity contribution in [3.05, 3.63) is 77.9 Å². The molecule has 2 aromatic carbocycles. The van der Waals surface area contributed by atoms with E-state index in [-0.39, 0.29) is 11.8 Å². The normalized spacial score (nSPS) is 15.1. The van der Waals surface area contributed by atoms with E-state index in [2.05, 4.69) is 10.1 Å². The SMILES string of the molecule is Cc1cnn(-c2ccc(C(=O)N3CCC(c4nc5ccccc5o4)CC3)cc2)c1. The van der Waals surface area contributed by atoms with Crippen LogP contribution in [0.3, 0.4) is 0 Å². The Bertz CT molecular complexity index is 1120. The van der Waals surface area contributed by atoms with Crippen LogP contribution < -0.4 is 0 Å². The second-order valence-corrected chi connectivity index (χ2v) is 7.60. The first-order valence-electron chi connectivity index (χ1n) is 9.94. The average molecular weight is 386 g/mol. The van der Waals surface area contributed by atoms with Gasteiger partial charge in [-0.1, -0.05) is 12.1 Å². The Morgan fingerprint density at radius 3 is 2.52 bits per heavy atom. The minimum atomic E-state index is 0.0733. The van der Waals surface area contributed by atoms with Crippen molar-refractivity contribution in [1.29, 1.82) is 0 Å². The number of benzene rings is 2. The van der Waals surface area contributed by atoms with Crippen LogP contribution in [0.5, 0.6) is 0 Å². The molecule has 0 radical (unpaired) electrons. The summed E-state index contributed by atoms with van der Waals surface area (Å²) in [4.78, 5) is 19.4. The molecular weight excluding hydrogens is 364 g/mol. The molecule has 5 rings (SSSR count). The Balaban J connectivity index is 1.25. The molecule has 1 fully saturated rings. The zero-order valence-corrected chi connectivity index (χ0v) is 16.3. The van der Waals surface area contributed by atoms with Crippen LogP contribution in [0.1, 0.15) is 40.6 Å². The van der Waals surface area contributed by atoms with Gasteiger partial charge in [-0.3, -0.25) is 4.79 Å². The summed E-state index contributed by atoms with van der Waals surface area (Å²) in [5.74, 6) is 1.12. The van der Waals surface area contributed by atoms with Crippen molar-refractivity contribution in [1.82, 2.24) is 19.7 Å². The van der Waals surface area contributed by atoms with E-state index in [1.54, 1.807) is 0 Å². The maximum atomic E-state index is 12.9. The fourth-order valence-corrected chi connectivity index (χ4v) is 3.89. The number of carbonyl (C=O) groups is 1. The number of likely N-dealkylation sites (tertiary alicyclic amines) is 1. The summed E-state index contributed by atoms with van der Waals surface area (Å²) >= 11 is 0. The van der Waals surface area contributed by atoms with Crippen LogP contribution in [0.2, 0.25) is 0 Å². The van der Waals surface area contributed by atoms with Crippen molar-refractivity contribution in [2.75, 3.05) is 13.1 Å². The molecule has 0 saturated carbocycles. The van der Waals surface area contributed by atoms with Crippen LogP contribution in [0.15, 0.2) is 65.3 Å². The van der Waals surface area contributed by atoms with Gasteiger partial charge in [0.2, 0.25) is 0 Å². The molecule has 1 aliphatic heterocycles. The molecular formula is C23H22N4O2. The van der Waals surface area contributed by atoms with Gasteiger partial charge in [-0.25, -0.2) is 9.67 Å². The second kappa shape index (κ2) is 7.20. The van der Waals surface area contributed by atoms with Gasteiger partial charge < -0.3 is 9.32 Å². The van der Waals surface area contributed by atoms with Crippen molar-refractivity contribution in [3.63, 3.8) is 0 Å². The van der Waals surface area contributed by atoms with Gasteiger partial charge in [0.05, 0.1) is 11.9 Å². The minimum absolute atomic E-state index is 0.0733. The lowest BCUT2D eigenvalue weighted by Crippen LogP contribution is -2.38. The highest BCUT2D eigenvalue weighted by Gasteiger charge is 2.27. The molecule has 1 aliphatic rings. The topological polar surface area (TPSA) is 64.2 Å².